The summed E-state index contributed by atoms with van der Waals surface area (Å²) in [5.74, 6) is 0.908. The number of nitrogens with zero attached hydrogens (tertiary/aromatic N) is 1. The molecule has 1 amide bonds. The van der Waals surface area contributed by atoms with Crippen LogP contribution in [-0.4, -0.2) is 32.7 Å². The zero-order chi connectivity index (χ0) is 21.2. The monoisotopic (exact) mass is 415 g/mol. The molecule has 2 aromatic rings. The van der Waals surface area contributed by atoms with Crippen molar-refractivity contribution in [3.05, 3.63) is 42.0 Å². The number of sulfone groups is 1. The quantitative estimate of drug-likeness (QED) is 0.690. The van der Waals surface area contributed by atoms with E-state index in [1.54, 1.807) is 26.0 Å². The van der Waals surface area contributed by atoms with Gasteiger partial charge in [-0.05, 0) is 56.0 Å². The Bertz CT molecular complexity index is 996. The van der Waals surface area contributed by atoms with E-state index in [0.717, 1.165) is 47.4 Å². The van der Waals surface area contributed by atoms with Crippen LogP contribution in [0.1, 0.15) is 46.1 Å². The lowest BCUT2D eigenvalue weighted by atomic mass is 9.91. The maximum Gasteiger partial charge on any atom is 0.224 e. The van der Waals surface area contributed by atoms with Crippen LogP contribution < -0.4 is 9.64 Å². The molecule has 29 heavy (non-hydrogen) atoms. The van der Waals surface area contributed by atoms with Gasteiger partial charge in [-0.3, -0.25) is 4.79 Å². The van der Waals surface area contributed by atoms with Crippen molar-refractivity contribution in [2.75, 3.05) is 17.3 Å². The molecule has 0 saturated heterocycles. The number of hydrogen-bond donors (Lipinski definition) is 0. The summed E-state index contributed by atoms with van der Waals surface area (Å²) in [5.41, 5.74) is 3.79. The largest absolute Gasteiger partial charge is 0.493 e. The van der Waals surface area contributed by atoms with Gasteiger partial charge in [0, 0.05) is 24.1 Å². The van der Waals surface area contributed by atoms with Gasteiger partial charge in [0.05, 0.1) is 22.9 Å². The summed E-state index contributed by atoms with van der Waals surface area (Å²) >= 11 is 0. The predicted octanol–water partition coefficient (Wildman–Crippen LogP) is 4.62. The Labute approximate surface area is 173 Å². The fraction of sp³-hybridized carbons (Fsp3) is 0.435. The van der Waals surface area contributed by atoms with E-state index in [4.69, 9.17) is 4.74 Å². The molecule has 1 aliphatic rings. The first-order valence-corrected chi connectivity index (χ1v) is 11.9. The van der Waals surface area contributed by atoms with Crippen LogP contribution in [0.4, 0.5) is 5.69 Å². The van der Waals surface area contributed by atoms with Gasteiger partial charge in [0.1, 0.15) is 5.75 Å². The van der Waals surface area contributed by atoms with E-state index < -0.39 is 9.84 Å². The molecule has 0 radical (unpaired) electrons. The number of carbonyl (C=O) groups excluding carboxylic acids is 1. The van der Waals surface area contributed by atoms with Gasteiger partial charge in [-0.25, -0.2) is 8.42 Å². The minimum Gasteiger partial charge on any atom is -0.493 e. The van der Waals surface area contributed by atoms with E-state index in [9.17, 15) is 13.2 Å². The second-order valence-corrected chi connectivity index (χ2v) is 9.77. The van der Waals surface area contributed by atoms with E-state index in [-0.39, 0.29) is 17.7 Å². The molecule has 0 aromatic heterocycles. The van der Waals surface area contributed by atoms with Crippen molar-refractivity contribution < 1.29 is 17.9 Å². The molecule has 0 bridgehead atoms. The maximum absolute atomic E-state index is 12.2. The Morgan fingerprint density at radius 1 is 1.14 bits per heavy atom. The molecule has 156 valence electrons. The third kappa shape index (κ3) is 4.17. The second-order valence-electron chi connectivity index (χ2n) is 7.49. The highest BCUT2D eigenvalue weighted by Crippen LogP contribution is 2.43. The molecule has 0 aliphatic carbocycles. The number of fused-ring (bicyclic) bond motifs is 1. The van der Waals surface area contributed by atoms with Crippen molar-refractivity contribution in [1.29, 1.82) is 0 Å². The van der Waals surface area contributed by atoms with E-state index in [1.165, 1.54) is 0 Å². The maximum atomic E-state index is 12.2. The minimum atomic E-state index is -3.23. The van der Waals surface area contributed by atoms with Crippen LogP contribution in [0, 0.1) is 0 Å². The van der Waals surface area contributed by atoms with E-state index in [1.807, 2.05) is 29.2 Å². The van der Waals surface area contributed by atoms with Crippen molar-refractivity contribution in [2.24, 2.45) is 0 Å². The molecule has 3 rings (SSSR count). The summed E-state index contributed by atoms with van der Waals surface area (Å²) < 4.78 is 30.4. The van der Waals surface area contributed by atoms with Gasteiger partial charge in [0.2, 0.25) is 5.91 Å². The van der Waals surface area contributed by atoms with Crippen LogP contribution in [0.5, 0.6) is 5.75 Å². The van der Waals surface area contributed by atoms with Crippen LogP contribution in [0.3, 0.4) is 0 Å². The lowest BCUT2D eigenvalue weighted by Gasteiger charge is -2.36. The van der Waals surface area contributed by atoms with Crippen molar-refractivity contribution in [1.82, 2.24) is 0 Å². The Kier molecular flexibility index (Phi) is 6.32. The van der Waals surface area contributed by atoms with Gasteiger partial charge < -0.3 is 9.64 Å². The zero-order valence-corrected chi connectivity index (χ0v) is 18.4. The molecule has 1 heterocycles. The standard InChI is InChI=1S/C23H29NO4S/c1-5-15-28-23-20(18-8-10-19(11-9-18)29(26,27)6-2)13-14-22-21(23)12-7-16(3)24(22)17(4)25/h8-11,13-14,16H,5-7,12,15H2,1-4H3. The minimum absolute atomic E-state index is 0.0294. The first-order valence-electron chi connectivity index (χ1n) is 10.2. The van der Waals surface area contributed by atoms with Crippen molar-refractivity contribution in [3.63, 3.8) is 0 Å². The normalized spacial score (nSPS) is 16.4. The van der Waals surface area contributed by atoms with Crippen LogP contribution in [-0.2, 0) is 21.1 Å². The SMILES string of the molecule is CCCOc1c(-c2ccc(S(=O)(=O)CC)cc2)ccc2c1CCC(C)N2C(C)=O. The highest BCUT2D eigenvalue weighted by molar-refractivity contribution is 7.91. The Hall–Kier alpha value is -2.34. The summed E-state index contributed by atoms with van der Waals surface area (Å²) in [6.45, 7) is 7.95. The van der Waals surface area contributed by atoms with Gasteiger partial charge in [-0.1, -0.05) is 26.0 Å². The Morgan fingerprint density at radius 2 is 1.83 bits per heavy atom. The van der Waals surface area contributed by atoms with E-state index >= 15 is 0 Å². The fourth-order valence-electron chi connectivity index (χ4n) is 3.89. The van der Waals surface area contributed by atoms with Crippen molar-refractivity contribution >= 4 is 21.4 Å². The summed E-state index contributed by atoms with van der Waals surface area (Å²) in [4.78, 5) is 14.4. The molecule has 6 heteroatoms. The Morgan fingerprint density at radius 3 is 2.41 bits per heavy atom. The third-order valence-electron chi connectivity index (χ3n) is 5.44. The van der Waals surface area contributed by atoms with Gasteiger partial charge in [-0.2, -0.15) is 0 Å². The molecular weight excluding hydrogens is 386 g/mol. The van der Waals surface area contributed by atoms with Crippen LogP contribution >= 0.6 is 0 Å². The number of benzene rings is 2. The average molecular weight is 416 g/mol. The smallest absolute Gasteiger partial charge is 0.224 e. The molecule has 1 unspecified atom stereocenters. The van der Waals surface area contributed by atoms with E-state index in [2.05, 4.69) is 13.8 Å². The number of ether oxygens (including phenoxy) is 1. The van der Waals surface area contributed by atoms with Gasteiger partial charge in [-0.15, -0.1) is 0 Å². The summed E-state index contributed by atoms with van der Waals surface area (Å²) in [6.07, 6.45) is 2.60. The fourth-order valence-corrected chi connectivity index (χ4v) is 4.77. The first kappa shape index (κ1) is 21.4. The van der Waals surface area contributed by atoms with Crippen LogP contribution in [0.2, 0.25) is 0 Å². The highest BCUT2D eigenvalue weighted by Gasteiger charge is 2.29. The number of rotatable bonds is 6. The lowest BCUT2D eigenvalue weighted by Crippen LogP contribution is -2.40. The van der Waals surface area contributed by atoms with Crippen LogP contribution in [0.15, 0.2) is 41.3 Å². The molecule has 0 spiro atoms. The number of hydrogen-bond acceptors (Lipinski definition) is 4. The molecule has 0 N–H and O–H groups in total. The Balaban J connectivity index is 2.11. The number of amides is 1. The number of carbonyl (C=O) groups is 1. The third-order valence-corrected chi connectivity index (χ3v) is 7.19. The molecule has 0 fully saturated rings. The summed E-state index contributed by atoms with van der Waals surface area (Å²) in [5, 5.41) is 0. The molecule has 5 nitrogen and oxygen atoms in total. The topological polar surface area (TPSA) is 63.7 Å². The van der Waals surface area contributed by atoms with Crippen LogP contribution in [0.25, 0.3) is 11.1 Å². The highest BCUT2D eigenvalue weighted by atomic mass is 32.2. The van der Waals surface area contributed by atoms with Gasteiger partial charge in [0.15, 0.2) is 9.84 Å². The van der Waals surface area contributed by atoms with Gasteiger partial charge >= 0.3 is 0 Å². The van der Waals surface area contributed by atoms with Crippen molar-refractivity contribution in [3.8, 4) is 16.9 Å². The lowest BCUT2D eigenvalue weighted by molar-refractivity contribution is -0.117. The average Bonchev–Trinajstić information content (AvgIpc) is 2.71. The first-order chi connectivity index (χ1) is 13.8. The zero-order valence-electron chi connectivity index (χ0n) is 17.6. The summed E-state index contributed by atoms with van der Waals surface area (Å²) in [6, 6.07) is 11.1. The molecular formula is C23H29NO4S. The second kappa shape index (κ2) is 8.57. The number of anilines is 1. The molecule has 1 atom stereocenters. The molecule has 1 aliphatic heterocycles. The molecule has 0 saturated carbocycles. The summed E-state index contributed by atoms with van der Waals surface area (Å²) in [7, 11) is -3.23. The van der Waals surface area contributed by atoms with Crippen molar-refractivity contribution in [2.45, 2.75) is 57.9 Å². The van der Waals surface area contributed by atoms with E-state index in [0.29, 0.717) is 11.5 Å². The predicted molar refractivity (Wildman–Crippen MR) is 116 cm³/mol. The molecule has 2 aromatic carbocycles. The van der Waals surface area contributed by atoms with Gasteiger partial charge in [0.25, 0.3) is 0 Å².